The van der Waals surface area contributed by atoms with Crippen molar-refractivity contribution in [3.63, 3.8) is 0 Å². The number of fused-ring (bicyclic) bond motifs is 7. The minimum atomic E-state index is -1.72. The summed E-state index contributed by atoms with van der Waals surface area (Å²) in [5.74, 6) is -1.64. The molecule has 0 aromatic heterocycles. The van der Waals surface area contributed by atoms with E-state index in [0.29, 0.717) is 37.0 Å². The van der Waals surface area contributed by atoms with Crippen LogP contribution in [-0.2, 0) is 33.2 Å². The van der Waals surface area contributed by atoms with Crippen LogP contribution < -0.4 is 0 Å². The van der Waals surface area contributed by atoms with E-state index in [-0.39, 0.29) is 41.3 Å². The van der Waals surface area contributed by atoms with Crippen molar-refractivity contribution in [2.24, 2.45) is 46.3 Å². The third-order valence-electron chi connectivity index (χ3n) is 17.7. The van der Waals surface area contributed by atoms with Gasteiger partial charge in [-0.15, -0.1) is 0 Å². The minimum Gasteiger partial charge on any atom is -0.394 e. The first-order valence-corrected chi connectivity index (χ1v) is 23.8. The van der Waals surface area contributed by atoms with Crippen molar-refractivity contribution in [1.82, 2.24) is 0 Å². The number of hydrogen-bond donors (Lipinski definition) is 11. The summed E-state index contributed by atoms with van der Waals surface area (Å²) in [7, 11) is 0. The normalized spacial score (nSPS) is 55.5. The van der Waals surface area contributed by atoms with Gasteiger partial charge in [-0.05, 0) is 106 Å². The van der Waals surface area contributed by atoms with Crippen LogP contribution in [0.25, 0.3) is 0 Å². The molecule has 4 heterocycles. The molecule has 4 aliphatic carbocycles. The van der Waals surface area contributed by atoms with Gasteiger partial charge in [-0.1, -0.05) is 39.3 Å². The number of aliphatic hydroxyl groups is 11. The van der Waals surface area contributed by atoms with Crippen LogP contribution in [0.4, 0.5) is 0 Å². The van der Waals surface area contributed by atoms with Crippen molar-refractivity contribution in [2.75, 3.05) is 19.8 Å². The molecule has 0 amide bonds. The Morgan fingerprint density at radius 2 is 1.42 bits per heavy atom. The zero-order chi connectivity index (χ0) is 46.4. The van der Waals surface area contributed by atoms with E-state index in [4.69, 9.17) is 33.2 Å². The summed E-state index contributed by atoms with van der Waals surface area (Å²) in [6.07, 6.45) is -10.6. The molecule has 4 saturated heterocycles. The maximum atomic E-state index is 12.1. The molecule has 0 aromatic rings. The van der Waals surface area contributed by atoms with Gasteiger partial charge in [-0.3, -0.25) is 0 Å². The van der Waals surface area contributed by atoms with Crippen molar-refractivity contribution >= 4 is 0 Å². The summed E-state index contributed by atoms with van der Waals surface area (Å²) in [6, 6.07) is 0. The summed E-state index contributed by atoms with van der Waals surface area (Å²) in [5.41, 5.74) is 1.22. The second-order valence-electron chi connectivity index (χ2n) is 21.6. The lowest BCUT2D eigenvalue weighted by Gasteiger charge is -2.59. The third-order valence-corrected chi connectivity index (χ3v) is 17.7. The Morgan fingerprint density at radius 3 is 2.12 bits per heavy atom. The van der Waals surface area contributed by atoms with E-state index < -0.39 is 117 Å². The van der Waals surface area contributed by atoms with Gasteiger partial charge in [0, 0.05) is 12.3 Å². The maximum Gasteiger partial charge on any atom is 0.195 e. The van der Waals surface area contributed by atoms with Gasteiger partial charge in [0.25, 0.3) is 0 Å². The molecule has 0 bridgehead atoms. The van der Waals surface area contributed by atoms with Gasteiger partial charge in [0.2, 0.25) is 0 Å². The molecule has 64 heavy (non-hydrogen) atoms. The molecule has 8 aliphatic rings. The maximum absolute atomic E-state index is 12.1. The molecule has 18 heteroatoms. The average molecular weight is 917 g/mol. The fourth-order valence-corrected chi connectivity index (χ4v) is 13.9. The molecule has 18 nitrogen and oxygen atoms in total. The van der Waals surface area contributed by atoms with Crippen LogP contribution in [0.3, 0.4) is 0 Å². The van der Waals surface area contributed by atoms with Crippen LogP contribution in [0.5, 0.6) is 0 Å². The number of allylic oxidation sites excluding steroid dienone is 1. The first kappa shape index (κ1) is 49.4. The van der Waals surface area contributed by atoms with Crippen molar-refractivity contribution < 1.29 is 89.3 Å². The highest BCUT2D eigenvalue weighted by Gasteiger charge is 2.68. The molecule has 0 radical (unpaired) electrons. The fourth-order valence-electron chi connectivity index (χ4n) is 13.9. The Kier molecular flexibility index (Phi) is 14.2. The van der Waals surface area contributed by atoms with Gasteiger partial charge in [-0.2, -0.15) is 0 Å². The van der Waals surface area contributed by atoms with Gasteiger partial charge in [0.15, 0.2) is 24.2 Å². The molecule has 0 unspecified atom stereocenters. The summed E-state index contributed by atoms with van der Waals surface area (Å²) in [5, 5.41) is 116. The summed E-state index contributed by atoms with van der Waals surface area (Å²) >= 11 is 0. The summed E-state index contributed by atoms with van der Waals surface area (Å²) in [6.45, 7) is 11.0. The molecule has 0 aromatic carbocycles. The molecule has 4 aliphatic heterocycles. The summed E-state index contributed by atoms with van der Waals surface area (Å²) < 4.78 is 42.6. The summed E-state index contributed by atoms with van der Waals surface area (Å²) in [4.78, 5) is 0. The second-order valence-corrected chi connectivity index (χ2v) is 21.6. The third kappa shape index (κ3) is 8.37. The zero-order valence-electron chi connectivity index (χ0n) is 38.0. The smallest absolute Gasteiger partial charge is 0.195 e. The van der Waals surface area contributed by atoms with E-state index in [2.05, 4.69) is 26.8 Å². The SMILES string of the molecule is C[C@H](CC[C@@]1(O)O[C@@H]2C[C@@H]3[C@@H]4CCC5=C[C@@H](O[C@]6(C)O[C@H](CO)[C@@H](O)[C@H](O)[C@H]6O[C@@H]6O[C@@H](C)[C@H](O)[C@@H](O)[C@H]6O)CC[C@]5(C)[C@H]4CC[C@]3(C)[C@@H]2[C@@H]1C)CO[C@@H]1O[C@H](CO)[C@@H](O)[C@H](O)[C@H]1O. The number of aliphatic hydroxyl groups excluding tert-OH is 10. The van der Waals surface area contributed by atoms with Crippen molar-refractivity contribution in [1.29, 1.82) is 0 Å². The fraction of sp³-hybridized carbons (Fsp3) is 0.957. The standard InChI is InChI=1S/C46H76O18/c1-20(19-58-41-38(55)36(53)33(50)29(17-47)60-41)9-14-46(57)21(2)31-28(64-46)16-27-25-8-7-23-15-24(10-12-43(23,4)26(25)11-13-44(27,31)5)62-45(6)40(37(54)34(51)30(18-48)63-45)61-42-39(56)35(52)32(49)22(3)59-42/h15,20-22,24-42,47-57H,7-14,16-19H2,1-6H3/t20-,21+,22+,24+,25-,26+,27-,28-,29-,30-,31-,32+,33-,34-,35-,36+,37+,38-,39-,40-,41-,42+,43+,44+,45-,46-/m1/s1. The monoisotopic (exact) mass is 917 g/mol. The van der Waals surface area contributed by atoms with Gasteiger partial charge >= 0.3 is 0 Å². The van der Waals surface area contributed by atoms with E-state index >= 15 is 0 Å². The molecule has 26 atom stereocenters. The predicted molar refractivity (Wildman–Crippen MR) is 222 cm³/mol. The van der Waals surface area contributed by atoms with E-state index in [1.54, 1.807) is 6.92 Å². The minimum absolute atomic E-state index is 0.0103. The highest BCUT2D eigenvalue weighted by Crippen LogP contribution is 2.70. The average Bonchev–Trinajstić information content (AvgIpc) is 3.70. The van der Waals surface area contributed by atoms with Crippen LogP contribution >= 0.6 is 0 Å². The molecule has 368 valence electrons. The molecule has 3 saturated carbocycles. The van der Waals surface area contributed by atoms with Crippen LogP contribution in [0.2, 0.25) is 0 Å². The van der Waals surface area contributed by atoms with Gasteiger partial charge in [0.05, 0.1) is 38.1 Å². The van der Waals surface area contributed by atoms with E-state index in [1.807, 2.05) is 6.92 Å². The van der Waals surface area contributed by atoms with Gasteiger partial charge in [0.1, 0.15) is 67.1 Å². The lowest BCUT2D eigenvalue weighted by atomic mass is 9.46. The highest BCUT2D eigenvalue weighted by atomic mass is 16.8. The van der Waals surface area contributed by atoms with Crippen LogP contribution in [0.15, 0.2) is 11.6 Å². The van der Waals surface area contributed by atoms with Gasteiger partial charge in [-0.25, -0.2) is 0 Å². The molecular weight excluding hydrogens is 840 g/mol. The second kappa shape index (κ2) is 18.4. The van der Waals surface area contributed by atoms with Crippen LogP contribution in [0.1, 0.15) is 99.3 Å². The predicted octanol–water partition coefficient (Wildman–Crippen LogP) is -0.441. The first-order valence-electron chi connectivity index (χ1n) is 23.8. The molecular formula is C46H76O18. The Bertz CT molecular complexity index is 1650. The Labute approximate surface area is 375 Å². The molecule has 8 rings (SSSR count). The number of hydrogen-bond acceptors (Lipinski definition) is 18. The highest BCUT2D eigenvalue weighted by molar-refractivity contribution is 5.26. The Hall–Kier alpha value is -0.980. The molecule has 11 N–H and O–H groups in total. The number of rotatable bonds is 12. The largest absolute Gasteiger partial charge is 0.394 e. The first-order chi connectivity index (χ1) is 30.1. The topological polar surface area (TPSA) is 287 Å². The lowest BCUT2D eigenvalue weighted by molar-refractivity contribution is -0.403. The Morgan fingerprint density at radius 1 is 0.750 bits per heavy atom. The van der Waals surface area contributed by atoms with E-state index in [0.717, 1.165) is 38.5 Å². The lowest BCUT2D eigenvalue weighted by Crippen LogP contribution is -2.68. The Balaban J connectivity index is 0.901. The van der Waals surface area contributed by atoms with Gasteiger partial charge < -0.3 is 89.3 Å². The van der Waals surface area contributed by atoms with Crippen LogP contribution in [0, 0.1) is 46.3 Å². The van der Waals surface area contributed by atoms with E-state index in [1.165, 1.54) is 12.5 Å². The van der Waals surface area contributed by atoms with Crippen molar-refractivity contribution in [3.8, 4) is 0 Å². The zero-order valence-corrected chi connectivity index (χ0v) is 38.0. The van der Waals surface area contributed by atoms with Crippen LogP contribution in [-0.4, -0.2) is 186 Å². The van der Waals surface area contributed by atoms with Crippen molar-refractivity contribution in [3.05, 3.63) is 11.6 Å². The van der Waals surface area contributed by atoms with Crippen molar-refractivity contribution in [2.45, 2.75) is 209 Å². The molecule has 7 fully saturated rings. The number of ether oxygens (including phenoxy) is 7. The molecule has 0 spiro atoms. The quantitative estimate of drug-likeness (QED) is 0.111. The van der Waals surface area contributed by atoms with E-state index in [9.17, 15) is 56.2 Å².